The quantitative estimate of drug-likeness (QED) is 0.572. The van der Waals surface area contributed by atoms with Crippen LogP contribution in [0.4, 0.5) is 0 Å². The van der Waals surface area contributed by atoms with E-state index < -0.39 is 17.4 Å². The molecule has 0 saturated heterocycles. The number of carbonyl (C=O) groups is 2. The van der Waals surface area contributed by atoms with E-state index in [1.165, 1.54) is 0 Å². The molecule has 0 aliphatic rings. The van der Waals surface area contributed by atoms with Crippen LogP contribution in [0.15, 0.2) is 0 Å². The van der Waals surface area contributed by atoms with Gasteiger partial charge in [-0.05, 0) is 25.5 Å². The number of hydrogen-bond acceptors (Lipinski definition) is 3. The van der Waals surface area contributed by atoms with Gasteiger partial charge in [-0.2, -0.15) is 12.6 Å². The van der Waals surface area contributed by atoms with Crippen LogP contribution in [-0.4, -0.2) is 27.9 Å². The largest absolute Gasteiger partial charge is 0.481 e. The van der Waals surface area contributed by atoms with Crippen molar-refractivity contribution in [2.45, 2.75) is 26.2 Å². The lowest BCUT2D eigenvalue weighted by Gasteiger charge is -2.22. The molecule has 0 saturated carbocycles. The second kappa shape index (κ2) is 5.11. The monoisotopic (exact) mass is 206 g/mol. The molecule has 0 aliphatic carbocycles. The molecule has 1 unspecified atom stereocenters. The summed E-state index contributed by atoms with van der Waals surface area (Å²) in [6.45, 7) is 1.55. The average molecular weight is 206 g/mol. The summed E-state index contributed by atoms with van der Waals surface area (Å²) in [5.41, 5.74) is -0.958. The Morgan fingerprint density at radius 2 is 1.85 bits per heavy atom. The lowest BCUT2D eigenvalue weighted by molar-refractivity contribution is -0.149. The van der Waals surface area contributed by atoms with Gasteiger partial charge in [-0.3, -0.25) is 9.59 Å². The van der Waals surface area contributed by atoms with E-state index in [9.17, 15) is 9.59 Å². The summed E-state index contributed by atoms with van der Waals surface area (Å²) in [6.07, 6.45) is 0.424. The van der Waals surface area contributed by atoms with Gasteiger partial charge in [0.25, 0.3) is 0 Å². The Morgan fingerprint density at radius 3 is 2.15 bits per heavy atom. The third-order valence-electron chi connectivity index (χ3n) is 2.07. The average Bonchev–Trinajstić information content (AvgIpc) is 2.01. The van der Waals surface area contributed by atoms with Crippen LogP contribution in [0.2, 0.25) is 0 Å². The number of hydrogen-bond donors (Lipinski definition) is 3. The number of thiol groups is 1. The summed E-state index contributed by atoms with van der Waals surface area (Å²) in [4.78, 5) is 21.1. The fourth-order valence-corrected chi connectivity index (χ4v) is 1.46. The first-order chi connectivity index (χ1) is 5.92. The number of aliphatic carboxylic acids is 2. The van der Waals surface area contributed by atoms with E-state index in [1.54, 1.807) is 6.92 Å². The van der Waals surface area contributed by atoms with Gasteiger partial charge < -0.3 is 10.2 Å². The molecule has 0 heterocycles. The van der Waals surface area contributed by atoms with Crippen LogP contribution in [0, 0.1) is 5.41 Å². The van der Waals surface area contributed by atoms with Gasteiger partial charge in [0.2, 0.25) is 0 Å². The minimum Gasteiger partial charge on any atom is -0.481 e. The molecule has 0 radical (unpaired) electrons. The zero-order valence-electron chi connectivity index (χ0n) is 7.49. The van der Waals surface area contributed by atoms with Crippen molar-refractivity contribution in [1.29, 1.82) is 0 Å². The molecule has 4 nitrogen and oxygen atoms in total. The Kier molecular flexibility index (Phi) is 4.83. The predicted molar refractivity (Wildman–Crippen MR) is 51.1 cm³/mol. The van der Waals surface area contributed by atoms with E-state index in [0.29, 0.717) is 12.2 Å². The van der Waals surface area contributed by atoms with Crippen molar-refractivity contribution in [3.05, 3.63) is 0 Å². The molecular formula is C8H14O4S. The van der Waals surface area contributed by atoms with E-state index >= 15 is 0 Å². The standard InChI is InChI=1S/C8H14O4S/c1-8(4-5-13,7(11)12)3-2-6(9)10/h13H,2-5H2,1H3,(H,9,10)(H,11,12). The molecule has 2 N–H and O–H groups in total. The summed E-state index contributed by atoms with van der Waals surface area (Å²) in [5, 5.41) is 17.3. The first kappa shape index (κ1) is 12.3. The van der Waals surface area contributed by atoms with Gasteiger partial charge in [0.15, 0.2) is 0 Å². The molecule has 0 spiro atoms. The molecule has 1 atom stereocenters. The van der Waals surface area contributed by atoms with Gasteiger partial charge in [-0.15, -0.1) is 0 Å². The zero-order chi connectivity index (χ0) is 10.5. The zero-order valence-corrected chi connectivity index (χ0v) is 8.38. The minimum absolute atomic E-state index is 0.115. The lowest BCUT2D eigenvalue weighted by atomic mass is 9.83. The maximum absolute atomic E-state index is 10.8. The molecule has 0 rings (SSSR count). The smallest absolute Gasteiger partial charge is 0.309 e. The van der Waals surface area contributed by atoms with Gasteiger partial charge in [0.05, 0.1) is 5.41 Å². The number of rotatable bonds is 6. The molecule has 0 bridgehead atoms. The summed E-state index contributed by atoms with van der Waals surface area (Å²) in [6, 6.07) is 0. The van der Waals surface area contributed by atoms with Crippen LogP contribution >= 0.6 is 12.6 Å². The summed E-state index contributed by atoms with van der Waals surface area (Å²) in [7, 11) is 0. The van der Waals surface area contributed by atoms with Crippen molar-refractivity contribution in [2.24, 2.45) is 5.41 Å². The molecule has 76 valence electrons. The van der Waals surface area contributed by atoms with Crippen molar-refractivity contribution in [1.82, 2.24) is 0 Å². The maximum Gasteiger partial charge on any atom is 0.309 e. The molecule has 0 aliphatic heterocycles. The maximum atomic E-state index is 10.8. The predicted octanol–water partition coefficient (Wildman–Crippen LogP) is 1.26. The molecule has 0 aromatic rings. The molecule has 0 aromatic carbocycles. The fourth-order valence-electron chi connectivity index (χ4n) is 0.968. The van der Waals surface area contributed by atoms with Crippen molar-refractivity contribution in [3.63, 3.8) is 0 Å². The van der Waals surface area contributed by atoms with Gasteiger partial charge in [-0.25, -0.2) is 0 Å². The Hall–Kier alpha value is -0.710. The lowest BCUT2D eigenvalue weighted by Crippen LogP contribution is -2.28. The van der Waals surface area contributed by atoms with Crippen LogP contribution in [0.5, 0.6) is 0 Å². The molecule has 0 fully saturated rings. The summed E-state index contributed by atoms with van der Waals surface area (Å²) >= 11 is 3.94. The van der Waals surface area contributed by atoms with Crippen molar-refractivity contribution >= 4 is 24.6 Å². The Balaban J connectivity index is 4.24. The van der Waals surface area contributed by atoms with Crippen LogP contribution in [0.25, 0.3) is 0 Å². The SMILES string of the molecule is CC(CCS)(CCC(=O)O)C(=O)O. The van der Waals surface area contributed by atoms with Crippen molar-refractivity contribution in [3.8, 4) is 0 Å². The second-order valence-corrected chi connectivity index (χ2v) is 3.68. The van der Waals surface area contributed by atoms with Crippen molar-refractivity contribution < 1.29 is 19.8 Å². The Labute approximate surface area is 82.4 Å². The first-order valence-electron chi connectivity index (χ1n) is 3.98. The molecule has 5 heteroatoms. The van der Waals surface area contributed by atoms with Crippen LogP contribution in [-0.2, 0) is 9.59 Å². The molecular weight excluding hydrogens is 192 g/mol. The molecule has 0 aromatic heterocycles. The Morgan fingerprint density at radius 1 is 1.31 bits per heavy atom. The Bertz CT molecular complexity index is 204. The second-order valence-electron chi connectivity index (χ2n) is 3.23. The normalized spacial score (nSPS) is 14.9. The topological polar surface area (TPSA) is 74.6 Å². The van der Waals surface area contributed by atoms with Crippen LogP contribution in [0.1, 0.15) is 26.2 Å². The fraction of sp³-hybridized carbons (Fsp3) is 0.750. The highest BCUT2D eigenvalue weighted by Gasteiger charge is 2.32. The minimum atomic E-state index is -0.966. The van der Waals surface area contributed by atoms with Gasteiger partial charge in [0.1, 0.15) is 0 Å². The van der Waals surface area contributed by atoms with Crippen molar-refractivity contribution in [2.75, 3.05) is 5.75 Å². The molecule has 13 heavy (non-hydrogen) atoms. The third-order valence-corrected chi connectivity index (χ3v) is 2.29. The molecule has 0 amide bonds. The van der Waals surface area contributed by atoms with E-state index in [4.69, 9.17) is 10.2 Å². The van der Waals surface area contributed by atoms with Crippen LogP contribution in [0.3, 0.4) is 0 Å². The summed E-state index contributed by atoms with van der Waals surface area (Å²) < 4.78 is 0. The van der Waals surface area contributed by atoms with E-state index in [-0.39, 0.29) is 12.8 Å². The third kappa shape index (κ3) is 4.17. The van der Waals surface area contributed by atoms with E-state index in [2.05, 4.69) is 12.6 Å². The highest BCUT2D eigenvalue weighted by molar-refractivity contribution is 7.80. The van der Waals surface area contributed by atoms with Gasteiger partial charge in [0, 0.05) is 6.42 Å². The highest BCUT2D eigenvalue weighted by atomic mass is 32.1. The van der Waals surface area contributed by atoms with Crippen LogP contribution < -0.4 is 0 Å². The van der Waals surface area contributed by atoms with Gasteiger partial charge >= 0.3 is 11.9 Å². The first-order valence-corrected chi connectivity index (χ1v) is 4.61. The number of carboxylic acid groups (broad SMARTS) is 2. The summed E-state index contributed by atoms with van der Waals surface area (Å²) in [5.74, 6) is -1.47. The van der Waals surface area contributed by atoms with Gasteiger partial charge in [-0.1, -0.05) is 0 Å². The number of carboxylic acids is 2. The van der Waals surface area contributed by atoms with E-state index in [0.717, 1.165) is 0 Å². The van der Waals surface area contributed by atoms with E-state index in [1.807, 2.05) is 0 Å². The highest BCUT2D eigenvalue weighted by Crippen LogP contribution is 2.28.